The lowest BCUT2D eigenvalue weighted by Crippen LogP contribution is -1.89. The van der Waals surface area contributed by atoms with E-state index in [1.165, 1.54) is 12.4 Å². The SMILES string of the molecule is Cc1c(N)cncc1O. The third-order valence-corrected chi connectivity index (χ3v) is 1.23. The number of hydrogen-bond acceptors (Lipinski definition) is 3. The van der Waals surface area contributed by atoms with Crippen LogP contribution in [0.25, 0.3) is 0 Å². The average molecular weight is 124 g/mol. The smallest absolute Gasteiger partial charge is 0.138 e. The van der Waals surface area contributed by atoms with Crippen molar-refractivity contribution in [2.45, 2.75) is 6.92 Å². The van der Waals surface area contributed by atoms with Crippen LogP contribution in [0.5, 0.6) is 5.75 Å². The van der Waals surface area contributed by atoms with E-state index in [1.54, 1.807) is 6.92 Å². The largest absolute Gasteiger partial charge is 0.506 e. The number of aromatic hydroxyl groups is 1. The second kappa shape index (κ2) is 1.93. The summed E-state index contributed by atoms with van der Waals surface area (Å²) in [7, 11) is 0. The zero-order valence-electron chi connectivity index (χ0n) is 5.13. The summed E-state index contributed by atoms with van der Waals surface area (Å²) in [6, 6.07) is 0. The molecule has 0 spiro atoms. The van der Waals surface area contributed by atoms with Crippen LogP contribution in [0.2, 0.25) is 0 Å². The summed E-state index contributed by atoms with van der Waals surface area (Å²) in [4.78, 5) is 3.67. The normalized spacial score (nSPS) is 9.44. The van der Waals surface area contributed by atoms with Crippen LogP contribution in [-0.2, 0) is 0 Å². The Morgan fingerprint density at radius 2 is 2.22 bits per heavy atom. The van der Waals surface area contributed by atoms with Gasteiger partial charge in [0, 0.05) is 5.56 Å². The van der Waals surface area contributed by atoms with Crippen LogP contribution in [-0.4, -0.2) is 10.1 Å². The van der Waals surface area contributed by atoms with Gasteiger partial charge in [-0.05, 0) is 6.92 Å². The highest BCUT2D eigenvalue weighted by Gasteiger charge is 1.96. The number of nitrogens with zero attached hydrogens (tertiary/aromatic N) is 1. The third kappa shape index (κ3) is 0.937. The third-order valence-electron chi connectivity index (χ3n) is 1.23. The van der Waals surface area contributed by atoms with Crippen molar-refractivity contribution in [3.05, 3.63) is 18.0 Å². The van der Waals surface area contributed by atoms with E-state index in [0.717, 1.165) is 0 Å². The van der Waals surface area contributed by atoms with Gasteiger partial charge in [-0.15, -0.1) is 0 Å². The van der Waals surface area contributed by atoms with Gasteiger partial charge in [0.1, 0.15) is 5.75 Å². The molecule has 9 heavy (non-hydrogen) atoms. The molecule has 0 unspecified atom stereocenters. The highest BCUT2D eigenvalue weighted by atomic mass is 16.3. The molecule has 1 aromatic rings. The van der Waals surface area contributed by atoms with Crippen molar-refractivity contribution in [3.63, 3.8) is 0 Å². The van der Waals surface area contributed by atoms with Gasteiger partial charge in [0.2, 0.25) is 0 Å². The summed E-state index contributed by atoms with van der Waals surface area (Å²) in [5.74, 6) is 0.148. The van der Waals surface area contributed by atoms with Crippen LogP contribution in [0.15, 0.2) is 12.4 Å². The standard InChI is InChI=1S/C6H8N2O/c1-4-5(7)2-8-3-6(4)9/h2-3,9H,7H2,1H3. The molecule has 48 valence electrons. The second-order valence-corrected chi connectivity index (χ2v) is 1.87. The van der Waals surface area contributed by atoms with Crippen molar-refractivity contribution >= 4 is 5.69 Å². The summed E-state index contributed by atoms with van der Waals surface area (Å²) in [5.41, 5.74) is 6.61. The fraction of sp³-hybridized carbons (Fsp3) is 0.167. The monoisotopic (exact) mass is 124 g/mol. The molecule has 0 atom stereocenters. The molecule has 3 nitrogen and oxygen atoms in total. The summed E-state index contributed by atoms with van der Waals surface area (Å²) in [6.45, 7) is 1.74. The number of pyridine rings is 1. The van der Waals surface area contributed by atoms with Gasteiger partial charge >= 0.3 is 0 Å². The van der Waals surface area contributed by atoms with Crippen molar-refractivity contribution in [3.8, 4) is 5.75 Å². The van der Waals surface area contributed by atoms with E-state index in [-0.39, 0.29) is 5.75 Å². The van der Waals surface area contributed by atoms with Gasteiger partial charge < -0.3 is 10.8 Å². The maximum atomic E-state index is 8.96. The lowest BCUT2D eigenvalue weighted by atomic mass is 10.2. The van der Waals surface area contributed by atoms with Crippen molar-refractivity contribution < 1.29 is 5.11 Å². The van der Waals surface area contributed by atoms with Gasteiger partial charge in [0.25, 0.3) is 0 Å². The molecule has 0 bridgehead atoms. The molecule has 3 heteroatoms. The van der Waals surface area contributed by atoms with E-state index in [0.29, 0.717) is 11.3 Å². The first-order chi connectivity index (χ1) is 4.22. The molecule has 0 saturated heterocycles. The lowest BCUT2D eigenvalue weighted by Gasteiger charge is -1.98. The van der Waals surface area contributed by atoms with Crippen LogP contribution in [0, 0.1) is 6.92 Å². The molecule has 1 heterocycles. The zero-order chi connectivity index (χ0) is 6.85. The summed E-state index contributed by atoms with van der Waals surface area (Å²) < 4.78 is 0. The maximum Gasteiger partial charge on any atom is 0.138 e. The molecule has 0 aromatic carbocycles. The molecule has 0 aliphatic carbocycles. The quantitative estimate of drug-likeness (QED) is 0.534. The Bertz CT molecular complexity index is 202. The first-order valence-electron chi connectivity index (χ1n) is 2.61. The molecule has 0 fully saturated rings. The molecular weight excluding hydrogens is 116 g/mol. The minimum absolute atomic E-state index is 0.148. The van der Waals surface area contributed by atoms with Crippen molar-refractivity contribution in [2.75, 3.05) is 5.73 Å². The maximum absolute atomic E-state index is 8.96. The van der Waals surface area contributed by atoms with E-state index in [4.69, 9.17) is 10.8 Å². The van der Waals surface area contributed by atoms with E-state index in [9.17, 15) is 0 Å². The predicted octanol–water partition coefficient (Wildman–Crippen LogP) is 0.678. The molecular formula is C6H8N2O. The molecule has 3 N–H and O–H groups in total. The van der Waals surface area contributed by atoms with Gasteiger partial charge in [-0.1, -0.05) is 0 Å². The fourth-order valence-corrected chi connectivity index (χ4v) is 0.530. The van der Waals surface area contributed by atoms with E-state index < -0.39 is 0 Å². The lowest BCUT2D eigenvalue weighted by molar-refractivity contribution is 0.469. The Morgan fingerprint density at radius 1 is 1.56 bits per heavy atom. The van der Waals surface area contributed by atoms with Crippen LogP contribution in [0.1, 0.15) is 5.56 Å². The van der Waals surface area contributed by atoms with Crippen LogP contribution in [0.3, 0.4) is 0 Å². The number of nitrogens with two attached hydrogens (primary N) is 1. The first-order valence-corrected chi connectivity index (χ1v) is 2.61. The number of nitrogen functional groups attached to an aromatic ring is 1. The minimum atomic E-state index is 0.148. The second-order valence-electron chi connectivity index (χ2n) is 1.87. The molecule has 0 amide bonds. The number of rotatable bonds is 0. The Labute approximate surface area is 53.2 Å². The topological polar surface area (TPSA) is 59.1 Å². The fourth-order valence-electron chi connectivity index (χ4n) is 0.530. The van der Waals surface area contributed by atoms with Crippen LogP contribution >= 0.6 is 0 Å². The molecule has 0 radical (unpaired) electrons. The summed E-state index contributed by atoms with van der Waals surface area (Å²) in [6.07, 6.45) is 2.88. The number of aromatic nitrogens is 1. The van der Waals surface area contributed by atoms with Crippen LogP contribution < -0.4 is 5.73 Å². The van der Waals surface area contributed by atoms with Gasteiger partial charge in [-0.25, -0.2) is 0 Å². The Kier molecular flexibility index (Phi) is 1.26. The zero-order valence-corrected chi connectivity index (χ0v) is 5.13. The van der Waals surface area contributed by atoms with E-state index in [2.05, 4.69) is 4.98 Å². The molecule has 0 aliphatic heterocycles. The van der Waals surface area contributed by atoms with Crippen molar-refractivity contribution in [1.29, 1.82) is 0 Å². The van der Waals surface area contributed by atoms with Gasteiger partial charge in [-0.3, -0.25) is 4.98 Å². The summed E-state index contributed by atoms with van der Waals surface area (Å²) >= 11 is 0. The number of anilines is 1. The highest BCUT2D eigenvalue weighted by Crippen LogP contribution is 2.18. The predicted molar refractivity (Wildman–Crippen MR) is 35.1 cm³/mol. The van der Waals surface area contributed by atoms with Gasteiger partial charge in [0.15, 0.2) is 0 Å². The van der Waals surface area contributed by atoms with Crippen molar-refractivity contribution in [2.24, 2.45) is 0 Å². The average Bonchev–Trinajstić information content (AvgIpc) is 1.83. The van der Waals surface area contributed by atoms with Crippen molar-refractivity contribution in [1.82, 2.24) is 4.98 Å². The molecule has 0 saturated carbocycles. The van der Waals surface area contributed by atoms with Gasteiger partial charge in [0.05, 0.1) is 18.1 Å². The van der Waals surface area contributed by atoms with Crippen LogP contribution in [0.4, 0.5) is 5.69 Å². The number of hydrogen-bond donors (Lipinski definition) is 2. The summed E-state index contributed by atoms with van der Waals surface area (Å²) in [5, 5.41) is 8.96. The Balaban J connectivity index is 3.25. The Hall–Kier alpha value is -1.25. The van der Waals surface area contributed by atoms with E-state index in [1.807, 2.05) is 0 Å². The molecule has 0 aliphatic rings. The Morgan fingerprint density at radius 3 is 2.67 bits per heavy atom. The first kappa shape index (κ1) is 5.88. The highest BCUT2D eigenvalue weighted by molar-refractivity contribution is 5.49. The molecule has 1 rings (SSSR count). The van der Waals surface area contributed by atoms with E-state index >= 15 is 0 Å². The van der Waals surface area contributed by atoms with Gasteiger partial charge in [-0.2, -0.15) is 0 Å². The molecule has 1 aromatic heterocycles. The minimum Gasteiger partial charge on any atom is -0.506 e.